The second-order valence-corrected chi connectivity index (χ2v) is 4.36. The molecule has 21 heavy (non-hydrogen) atoms. The molecule has 0 bridgehead atoms. The molecule has 110 valence electrons. The largest absolute Gasteiger partial charge is 0.495 e. The van der Waals surface area contributed by atoms with E-state index in [0.717, 1.165) is 0 Å². The maximum absolute atomic E-state index is 12.1. The molecule has 0 unspecified atom stereocenters. The van der Waals surface area contributed by atoms with Crippen LogP contribution in [0.1, 0.15) is 10.5 Å². The monoisotopic (exact) mass is 290 g/mol. The first-order chi connectivity index (χ1) is 9.92. The van der Waals surface area contributed by atoms with Gasteiger partial charge in [0, 0.05) is 24.9 Å². The summed E-state index contributed by atoms with van der Waals surface area (Å²) in [6.07, 6.45) is 1.28. The lowest BCUT2D eigenvalue weighted by Gasteiger charge is -2.09. The molecule has 0 fully saturated rings. The number of benzene rings is 1. The predicted molar refractivity (Wildman–Crippen MR) is 77.4 cm³/mol. The second kappa shape index (κ2) is 5.53. The van der Waals surface area contributed by atoms with Crippen LogP contribution in [0.25, 0.3) is 0 Å². The van der Waals surface area contributed by atoms with Crippen molar-refractivity contribution in [2.75, 3.05) is 18.2 Å². The summed E-state index contributed by atoms with van der Waals surface area (Å²) in [6.45, 7) is 0. The molecular weight excluding hydrogens is 276 g/mol. The highest BCUT2D eigenvalue weighted by molar-refractivity contribution is 6.03. The van der Waals surface area contributed by atoms with Crippen LogP contribution in [0.5, 0.6) is 5.75 Å². The zero-order chi connectivity index (χ0) is 15.6. The van der Waals surface area contributed by atoms with Crippen molar-refractivity contribution >= 4 is 23.0 Å². The van der Waals surface area contributed by atoms with E-state index in [-0.39, 0.29) is 11.4 Å². The van der Waals surface area contributed by atoms with E-state index in [1.54, 1.807) is 25.2 Å². The molecule has 2 aromatic rings. The third kappa shape index (κ3) is 2.94. The van der Waals surface area contributed by atoms with Gasteiger partial charge >= 0.3 is 0 Å². The molecule has 8 nitrogen and oxygen atoms in total. The van der Waals surface area contributed by atoms with Crippen molar-refractivity contribution < 1.29 is 14.5 Å². The molecule has 8 heteroatoms. The van der Waals surface area contributed by atoms with Gasteiger partial charge in [-0.2, -0.15) is 0 Å². The van der Waals surface area contributed by atoms with Crippen LogP contribution >= 0.6 is 0 Å². The van der Waals surface area contributed by atoms with Gasteiger partial charge in [-0.05, 0) is 12.1 Å². The Morgan fingerprint density at radius 1 is 1.43 bits per heavy atom. The Bertz CT molecular complexity index is 708. The minimum absolute atomic E-state index is 0.141. The smallest absolute Gasteiger partial charge is 0.287 e. The molecule has 0 aliphatic carbocycles. The first kappa shape index (κ1) is 14.4. The van der Waals surface area contributed by atoms with E-state index in [2.05, 4.69) is 5.32 Å². The van der Waals surface area contributed by atoms with Crippen LogP contribution < -0.4 is 15.8 Å². The standard InChI is InChI=1S/C13H14N4O4/c1-16-7-9(17(19)20)6-11(16)13(18)15-8-3-4-10(14)12(5-8)21-2/h3-7H,14H2,1-2H3,(H,15,18). The fraction of sp³-hybridized carbons (Fsp3) is 0.154. The number of carbonyl (C=O) groups is 1. The van der Waals surface area contributed by atoms with Gasteiger partial charge in [0.05, 0.1) is 23.9 Å². The van der Waals surface area contributed by atoms with E-state index >= 15 is 0 Å². The molecular formula is C13H14N4O4. The van der Waals surface area contributed by atoms with Gasteiger partial charge < -0.3 is 20.4 Å². The number of carbonyl (C=O) groups excluding carboxylic acids is 1. The van der Waals surface area contributed by atoms with Gasteiger partial charge in [-0.1, -0.05) is 0 Å². The predicted octanol–water partition coefficient (Wildman–Crippen LogP) is 1.78. The van der Waals surface area contributed by atoms with E-state index < -0.39 is 10.8 Å². The van der Waals surface area contributed by atoms with Gasteiger partial charge in [-0.3, -0.25) is 14.9 Å². The summed E-state index contributed by atoms with van der Waals surface area (Å²) in [5.74, 6) is -0.0249. The number of hydrogen-bond acceptors (Lipinski definition) is 5. The summed E-state index contributed by atoms with van der Waals surface area (Å²) in [5.41, 5.74) is 6.65. The Morgan fingerprint density at radius 2 is 2.14 bits per heavy atom. The summed E-state index contributed by atoms with van der Waals surface area (Å²) < 4.78 is 6.45. The molecule has 1 heterocycles. The Morgan fingerprint density at radius 3 is 2.71 bits per heavy atom. The topological polar surface area (TPSA) is 112 Å². The van der Waals surface area contributed by atoms with Gasteiger partial charge in [-0.15, -0.1) is 0 Å². The molecule has 0 spiro atoms. The summed E-state index contributed by atoms with van der Waals surface area (Å²) in [5, 5.41) is 13.3. The fourth-order valence-electron chi connectivity index (χ4n) is 1.86. The minimum atomic E-state index is -0.553. The molecule has 3 N–H and O–H groups in total. The number of amides is 1. The van der Waals surface area contributed by atoms with Gasteiger partial charge in [0.25, 0.3) is 11.6 Å². The lowest BCUT2D eigenvalue weighted by atomic mass is 10.2. The molecule has 0 aliphatic rings. The average Bonchev–Trinajstić information content (AvgIpc) is 2.83. The summed E-state index contributed by atoms with van der Waals surface area (Å²) in [4.78, 5) is 22.3. The normalized spacial score (nSPS) is 10.2. The summed E-state index contributed by atoms with van der Waals surface area (Å²) >= 11 is 0. The Hall–Kier alpha value is -3.03. The number of hydrogen-bond donors (Lipinski definition) is 2. The second-order valence-electron chi connectivity index (χ2n) is 4.36. The summed E-state index contributed by atoms with van der Waals surface area (Å²) in [6, 6.07) is 6.00. The number of nitrogens with zero attached hydrogens (tertiary/aromatic N) is 2. The Kier molecular flexibility index (Phi) is 3.79. The van der Waals surface area contributed by atoms with E-state index in [1.807, 2.05) is 0 Å². The maximum Gasteiger partial charge on any atom is 0.287 e. The lowest BCUT2D eigenvalue weighted by molar-refractivity contribution is -0.384. The summed E-state index contributed by atoms with van der Waals surface area (Å²) in [7, 11) is 3.03. The highest BCUT2D eigenvalue weighted by atomic mass is 16.6. The highest BCUT2D eigenvalue weighted by Gasteiger charge is 2.17. The number of aromatic nitrogens is 1. The SMILES string of the molecule is COc1cc(NC(=O)c2cc([N+](=O)[O-])cn2C)ccc1N. The highest BCUT2D eigenvalue weighted by Crippen LogP contribution is 2.25. The average molecular weight is 290 g/mol. The number of aryl methyl sites for hydroxylation is 1. The van der Waals surface area contributed by atoms with Crippen molar-refractivity contribution in [2.45, 2.75) is 0 Å². The Balaban J connectivity index is 2.24. The van der Waals surface area contributed by atoms with Crippen molar-refractivity contribution in [3.05, 3.63) is 46.3 Å². The van der Waals surface area contributed by atoms with Crippen LogP contribution in [-0.4, -0.2) is 22.5 Å². The molecule has 0 atom stereocenters. The van der Waals surface area contributed by atoms with Crippen molar-refractivity contribution in [2.24, 2.45) is 7.05 Å². The van der Waals surface area contributed by atoms with Gasteiger partial charge in [0.2, 0.25) is 0 Å². The molecule has 0 saturated carbocycles. The molecule has 2 rings (SSSR count). The number of rotatable bonds is 4. The zero-order valence-electron chi connectivity index (χ0n) is 11.5. The fourth-order valence-corrected chi connectivity index (χ4v) is 1.86. The van der Waals surface area contributed by atoms with Crippen LogP contribution in [0.4, 0.5) is 17.1 Å². The molecule has 1 aromatic carbocycles. The third-order valence-corrected chi connectivity index (χ3v) is 2.93. The van der Waals surface area contributed by atoms with Gasteiger partial charge in [0.15, 0.2) is 0 Å². The number of ether oxygens (including phenoxy) is 1. The molecule has 0 saturated heterocycles. The van der Waals surface area contributed by atoms with Crippen molar-refractivity contribution in [1.29, 1.82) is 0 Å². The molecule has 0 radical (unpaired) electrons. The lowest BCUT2D eigenvalue weighted by Crippen LogP contribution is -2.15. The van der Waals surface area contributed by atoms with Crippen LogP contribution in [0.2, 0.25) is 0 Å². The van der Waals surface area contributed by atoms with E-state index in [9.17, 15) is 14.9 Å². The zero-order valence-corrected chi connectivity index (χ0v) is 11.5. The Labute approximate surface area is 120 Å². The van der Waals surface area contributed by atoms with E-state index in [0.29, 0.717) is 17.1 Å². The van der Waals surface area contributed by atoms with E-state index in [4.69, 9.17) is 10.5 Å². The number of methoxy groups -OCH3 is 1. The maximum atomic E-state index is 12.1. The third-order valence-electron chi connectivity index (χ3n) is 2.93. The van der Waals surface area contributed by atoms with Crippen molar-refractivity contribution in [1.82, 2.24) is 4.57 Å². The van der Waals surface area contributed by atoms with Crippen molar-refractivity contribution in [3.8, 4) is 5.75 Å². The number of nitro groups is 1. The van der Waals surface area contributed by atoms with Crippen LogP contribution in [0.3, 0.4) is 0 Å². The number of anilines is 2. The molecule has 1 amide bonds. The van der Waals surface area contributed by atoms with Crippen molar-refractivity contribution in [3.63, 3.8) is 0 Å². The number of nitrogens with one attached hydrogen (secondary N) is 1. The molecule has 1 aromatic heterocycles. The molecule has 0 aliphatic heterocycles. The number of nitrogens with two attached hydrogens (primary N) is 1. The van der Waals surface area contributed by atoms with Gasteiger partial charge in [-0.25, -0.2) is 0 Å². The number of nitrogen functional groups attached to an aromatic ring is 1. The first-order valence-electron chi connectivity index (χ1n) is 5.98. The first-order valence-corrected chi connectivity index (χ1v) is 5.98. The van der Waals surface area contributed by atoms with E-state index in [1.165, 1.54) is 23.9 Å². The van der Waals surface area contributed by atoms with Gasteiger partial charge in [0.1, 0.15) is 11.4 Å². The quantitative estimate of drug-likeness (QED) is 0.506. The minimum Gasteiger partial charge on any atom is -0.495 e. The van der Waals surface area contributed by atoms with Crippen LogP contribution in [-0.2, 0) is 7.05 Å². The van der Waals surface area contributed by atoms with Crippen LogP contribution in [0.15, 0.2) is 30.5 Å². The van der Waals surface area contributed by atoms with Crippen LogP contribution in [0, 0.1) is 10.1 Å².